The van der Waals surface area contributed by atoms with Gasteiger partial charge in [-0.2, -0.15) is 0 Å². The van der Waals surface area contributed by atoms with Crippen LogP contribution in [0.5, 0.6) is 0 Å². The highest BCUT2D eigenvalue weighted by atomic mass is 35.5. The molecule has 22 heavy (non-hydrogen) atoms. The van der Waals surface area contributed by atoms with Crippen LogP contribution in [0.15, 0.2) is 42.7 Å². The molecule has 0 N–H and O–H groups in total. The fourth-order valence-corrected chi connectivity index (χ4v) is 3.18. The van der Waals surface area contributed by atoms with E-state index in [1.807, 2.05) is 17.0 Å². The van der Waals surface area contributed by atoms with Crippen molar-refractivity contribution in [3.05, 3.63) is 64.7 Å². The second-order valence-corrected chi connectivity index (χ2v) is 5.81. The van der Waals surface area contributed by atoms with Gasteiger partial charge in [-0.3, -0.25) is 9.78 Å². The summed E-state index contributed by atoms with van der Waals surface area (Å²) < 4.78 is 13.9. The molecule has 0 aliphatic carbocycles. The van der Waals surface area contributed by atoms with Gasteiger partial charge in [0.2, 0.25) is 5.91 Å². The van der Waals surface area contributed by atoms with Gasteiger partial charge in [-0.25, -0.2) is 4.39 Å². The van der Waals surface area contributed by atoms with Gasteiger partial charge in [-0.05, 0) is 42.7 Å². The summed E-state index contributed by atoms with van der Waals surface area (Å²) in [5.74, 6) is -0.521. The quantitative estimate of drug-likeness (QED) is 0.863. The molecular weight excluding hydrogens is 303 g/mol. The van der Waals surface area contributed by atoms with Crippen LogP contribution in [0, 0.1) is 5.82 Å². The molecule has 1 amide bonds. The number of aromatic nitrogens is 1. The second kappa shape index (κ2) is 6.44. The zero-order valence-corrected chi connectivity index (χ0v) is 12.8. The van der Waals surface area contributed by atoms with E-state index in [1.54, 1.807) is 24.5 Å². The van der Waals surface area contributed by atoms with Crippen molar-refractivity contribution in [3.8, 4) is 0 Å². The lowest BCUT2D eigenvalue weighted by molar-refractivity contribution is -0.131. The first-order valence-corrected chi connectivity index (χ1v) is 7.67. The third-order valence-electron chi connectivity index (χ3n) is 4.05. The number of carbonyl (C=O) groups is 1. The molecule has 0 unspecified atom stereocenters. The normalized spacial score (nSPS) is 17.7. The maximum absolute atomic E-state index is 13.9. The van der Waals surface area contributed by atoms with Gasteiger partial charge < -0.3 is 4.90 Å². The first-order chi connectivity index (χ1) is 10.7. The Morgan fingerprint density at radius 2 is 2.09 bits per heavy atom. The molecule has 2 heterocycles. The Morgan fingerprint density at radius 3 is 2.82 bits per heavy atom. The minimum Gasteiger partial charge on any atom is -0.335 e. The third-order valence-corrected chi connectivity index (χ3v) is 4.41. The fraction of sp³-hybridized carbons (Fsp3) is 0.294. The number of benzene rings is 1. The van der Waals surface area contributed by atoms with E-state index >= 15 is 0 Å². The lowest BCUT2D eigenvalue weighted by Gasteiger charge is -2.25. The van der Waals surface area contributed by atoms with Crippen molar-refractivity contribution >= 4 is 17.5 Å². The summed E-state index contributed by atoms with van der Waals surface area (Å²) >= 11 is 6.01. The van der Waals surface area contributed by atoms with E-state index in [0.29, 0.717) is 11.6 Å². The number of halogens is 2. The summed E-state index contributed by atoms with van der Waals surface area (Å²) in [7, 11) is 0. The summed E-state index contributed by atoms with van der Waals surface area (Å²) in [6.07, 6.45) is 5.31. The topological polar surface area (TPSA) is 33.2 Å². The number of pyridine rings is 1. The Morgan fingerprint density at radius 1 is 1.32 bits per heavy atom. The van der Waals surface area contributed by atoms with Crippen molar-refractivity contribution in [1.82, 2.24) is 9.88 Å². The Kier molecular flexibility index (Phi) is 4.39. The fourth-order valence-electron chi connectivity index (χ4n) is 2.95. The first-order valence-electron chi connectivity index (χ1n) is 7.29. The van der Waals surface area contributed by atoms with E-state index in [-0.39, 0.29) is 23.9 Å². The number of hydrogen-bond donors (Lipinski definition) is 0. The summed E-state index contributed by atoms with van der Waals surface area (Å²) in [4.78, 5) is 18.4. The molecule has 5 heteroatoms. The predicted molar refractivity (Wildman–Crippen MR) is 83.0 cm³/mol. The molecule has 114 valence electrons. The third kappa shape index (κ3) is 2.97. The van der Waals surface area contributed by atoms with Gasteiger partial charge in [0.25, 0.3) is 0 Å². The molecule has 0 bridgehead atoms. The van der Waals surface area contributed by atoms with E-state index < -0.39 is 5.82 Å². The highest BCUT2D eigenvalue weighted by Crippen LogP contribution is 2.32. The zero-order chi connectivity index (χ0) is 15.5. The summed E-state index contributed by atoms with van der Waals surface area (Å²) in [5.41, 5.74) is 1.34. The zero-order valence-electron chi connectivity index (χ0n) is 12.0. The van der Waals surface area contributed by atoms with Crippen LogP contribution in [0.4, 0.5) is 4.39 Å². The van der Waals surface area contributed by atoms with E-state index in [0.717, 1.165) is 18.4 Å². The van der Waals surface area contributed by atoms with Crippen LogP contribution in [0.2, 0.25) is 5.02 Å². The van der Waals surface area contributed by atoms with Crippen molar-refractivity contribution in [2.75, 3.05) is 6.54 Å². The van der Waals surface area contributed by atoms with Crippen molar-refractivity contribution in [2.45, 2.75) is 25.3 Å². The summed E-state index contributed by atoms with van der Waals surface area (Å²) in [5, 5.41) is 0.299. The van der Waals surface area contributed by atoms with E-state index in [4.69, 9.17) is 11.6 Å². The first kappa shape index (κ1) is 15.0. The second-order valence-electron chi connectivity index (χ2n) is 5.40. The van der Waals surface area contributed by atoms with Crippen LogP contribution in [-0.2, 0) is 11.2 Å². The molecule has 1 fully saturated rings. The van der Waals surface area contributed by atoms with Crippen LogP contribution in [-0.4, -0.2) is 22.3 Å². The maximum Gasteiger partial charge on any atom is 0.227 e. The van der Waals surface area contributed by atoms with Gasteiger partial charge in [0, 0.05) is 29.5 Å². The molecular formula is C17H16ClFN2O. The molecule has 3 nitrogen and oxygen atoms in total. The average molecular weight is 319 g/mol. The van der Waals surface area contributed by atoms with Gasteiger partial charge >= 0.3 is 0 Å². The molecule has 0 spiro atoms. The number of likely N-dealkylation sites (tertiary alicyclic amines) is 1. The highest BCUT2D eigenvalue weighted by molar-refractivity contribution is 6.31. The van der Waals surface area contributed by atoms with Crippen molar-refractivity contribution in [1.29, 1.82) is 0 Å². The van der Waals surface area contributed by atoms with Crippen molar-refractivity contribution in [3.63, 3.8) is 0 Å². The number of rotatable bonds is 3. The van der Waals surface area contributed by atoms with Crippen LogP contribution >= 0.6 is 11.6 Å². The molecule has 2 aromatic rings. The molecule has 1 saturated heterocycles. The smallest absolute Gasteiger partial charge is 0.227 e. The Bertz CT molecular complexity index is 657. The standard InChI is InChI=1S/C17H16ClFN2O/c18-14-3-1-4-15(19)13(14)11-17(22)21-10-2-5-16(21)12-6-8-20-9-7-12/h1,3-4,6-9,16H,2,5,10-11H2/t16-/m0/s1. The van der Waals surface area contributed by atoms with Crippen LogP contribution in [0.25, 0.3) is 0 Å². The molecule has 1 aromatic heterocycles. The number of nitrogens with zero attached hydrogens (tertiary/aromatic N) is 2. The van der Waals surface area contributed by atoms with E-state index in [1.165, 1.54) is 6.07 Å². The van der Waals surface area contributed by atoms with E-state index in [9.17, 15) is 9.18 Å². The summed E-state index contributed by atoms with van der Waals surface area (Å²) in [6, 6.07) is 8.37. The highest BCUT2D eigenvalue weighted by Gasteiger charge is 2.30. The van der Waals surface area contributed by atoms with Gasteiger partial charge in [0.05, 0.1) is 12.5 Å². The summed E-state index contributed by atoms with van der Waals surface area (Å²) in [6.45, 7) is 0.692. The minimum absolute atomic E-state index is 0.00685. The van der Waals surface area contributed by atoms with Crippen molar-refractivity contribution < 1.29 is 9.18 Å². The van der Waals surface area contributed by atoms with Gasteiger partial charge in [0.1, 0.15) is 5.82 Å². The van der Waals surface area contributed by atoms with Crippen LogP contribution < -0.4 is 0 Å². The molecule has 0 saturated carbocycles. The SMILES string of the molecule is O=C(Cc1c(F)cccc1Cl)N1CCC[C@H]1c1ccncc1. The van der Waals surface area contributed by atoms with Crippen molar-refractivity contribution in [2.24, 2.45) is 0 Å². The van der Waals surface area contributed by atoms with Gasteiger partial charge in [-0.15, -0.1) is 0 Å². The molecule has 0 radical (unpaired) electrons. The molecule has 3 rings (SSSR count). The van der Waals surface area contributed by atoms with Crippen LogP contribution in [0.3, 0.4) is 0 Å². The Balaban J connectivity index is 1.80. The largest absolute Gasteiger partial charge is 0.335 e. The monoisotopic (exact) mass is 318 g/mol. The van der Waals surface area contributed by atoms with Crippen LogP contribution in [0.1, 0.15) is 30.0 Å². The Labute approximate surface area is 133 Å². The van der Waals surface area contributed by atoms with Gasteiger partial charge in [-0.1, -0.05) is 17.7 Å². The van der Waals surface area contributed by atoms with Gasteiger partial charge in [0.15, 0.2) is 0 Å². The number of carbonyl (C=O) groups excluding carboxylic acids is 1. The number of hydrogen-bond acceptors (Lipinski definition) is 2. The number of amides is 1. The lowest BCUT2D eigenvalue weighted by atomic mass is 10.1. The Hall–Kier alpha value is -1.94. The lowest BCUT2D eigenvalue weighted by Crippen LogP contribution is -2.32. The minimum atomic E-state index is -0.430. The predicted octanol–water partition coefficient (Wildman–Crippen LogP) is 3.78. The molecule has 1 aliphatic rings. The molecule has 1 aliphatic heterocycles. The molecule has 1 atom stereocenters. The van der Waals surface area contributed by atoms with E-state index in [2.05, 4.69) is 4.98 Å². The average Bonchev–Trinajstić information content (AvgIpc) is 3.01. The molecule has 1 aromatic carbocycles. The maximum atomic E-state index is 13.9.